The molecule has 0 atom stereocenters. The van der Waals surface area contributed by atoms with Crippen molar-refractivity contribution in [1.29, 1.82) is 0 Å². The number of rotatable bonds is 7. The molecule has 0 radical (unpaired) electrons. The fraction of sp³-hybridized carbons (Fsp3) is 0.417. The Kier molecular flexibility index (Phi) is 7.46. The molecular formula is C24H32N3O3+. The molecule has 30 heavy (non-hydrogen) atoms. The predicted molar refractivity (Wildman–Crippen MR) is 118 cm³/mol. The molecule has 1 aliphatic rings. The van der Waals surface area contributed by atoms with Gasteiger partial charge in [0.05, 0.1) is 18.8 Å². The first-order chi connectivity index (χ1) is 14.4. The van der Waals surface area contributed by atoms with Crippen LogP contribution in [0.2, 0.25) is 0 Å². The molecule has 2 aromatic carbocycles. The number of quaternary nitrogens is 1. The number of phenols is 1. The van der Waals surface area contributed by atoms with Crippen LogP contribution in [0, 0.1) is 13.8 Å². The highest BCUT2D eigenvalue weighted by Gasteiger charge is 2.16. The molecular weight excluding hydrogens is 378 g/mol. The van der Waals surface area contributed by atoms with Gasteiger partial charge >= 0.3 is 0 Å². The lowest BCUT2D eigenvalue weighted by Gasteiger charge is -2.24. The van der Waals surface area contributed by atoms with E-state index in [1.165, 1.54) is 24.2 Å². The van der Waals surface area contributed by atoms with Crippen molar-refractivity contribution in [3.63, 3.8) is 0 Å². The maximum absolute atomic E-state index is 12.1. The minimum Gasteiger partial charge on any atom is -0.507 e. The molecule has 1 saturated heterocycles. The third-order valence-corrected chi connectivity index (χ3v) is 5.55. The minimum atomic E-state index is -0.313. The number of hydrogen-bond donors (Lipinski definition) is 3. The summed E-state index contributed by atoms with van der Waals surface area (Å²) in [6, 6.07) is 11.4. The third-order valence-electron chi connectivity index (χ3n) is 5.55. The van der Waals surface area contributed by atoms with Crippen LogP contribution < -0.4 is 15.1 Å². The van der Waals surface area contributed by atoms with Gasteiger partial charge in [0, 0.05) is 5.56 Å². The van der Waals surface area contributed by atoms with Crippen LogP contribution in [0.4, 0.5) is 0 Å². The second-order valence-corrected chi connectivity index (χ2v) is 8.12. The Hall–Kier alpha value is -2.86. The molecule has 1 amide bonds. The number of phenolic OH excluding ortho intramolecular Hbond substituents is 1. The number of piperidine rings is 1. The molecule has 0 aromatic heterocycles. The number of hydrogen-bond acceptors (Lipinski definition) is 4. The molecule has 2 aromatic rings. The number of nitrogens with one attached hydrogen (secondary N) is 2. The Labute approximate surface area is 178 Å². The summed E-state index contributed by atoms with van der Waals surface area (Å²) < 4.78 is 5.62. The van der Waals surface area contributed by atoms with Gasteiger partial charge in [-0.3, -0.25) is 4.79 Å². The third kappa shape index (κ3) is 6.07. The lowest BCUT2D eigenvalue weighted by molar-refractivity contribution is -0.918. The Morgan fingerprint density at radius 2 is 1.90 bits per heavy atom. The zero-order valence-corrected chi connectivity index (χ0v) is 18.1. The maximum Gasteiger partial charge on any atom is 0.277 e. The van der Waals surface area contributed by atoms with Gasteiger partial charge in [-0.05, 0) is 81.0 Å². The van der Waals surface area contributed by atoms with E-state index in [-0.39, 0.29) is 12.5 Å². The summed E-state index contributed by atoms with van der Waals surface area (Å²) in [5.41, 5.74) is 7.12. The van der Waals surface area contributed by atoms with Crippen molar-refractivity contribution in [1.82, 2.24) is 5.43 Å². The molecule has 0 saturated carbocycles. The second kappa shape index (κ2) is 10.3. The molecule has 6 heteroatoms. The number of hydrazone groups is 1. The molecule has 6 nitrogen and oxygen atoms in total. The number of benzene rings is 2. The summed E-state index contributed by atoms with van der Waals surface area (Å²) >= 11 is 0. The SMILES string of the molecule is C/C(=N\NC(=O)COc1cc(C)ccc1C)c1ccc(O)c(C[NH+]2CCCCC2)c1. The number of aromatic hydroxyl groups is 1. The van der Waals surface area contributed by atoms with Crippen LogP contribution in [-0.2, 0) is 11.3 Å². The van der Waals surface area contributed by atoms with Gasteiger partial charge < -0.3 is 14.7 Å². The molecule has 3 rings (SSSR count). The van der Waals surface area contributed by atoms with Gasteiger partial charge in [-0.25, -0.2) is 5.43 Å². The standard InChI is InChI=1S/C24H31N3O3/c1-17-7-8-18(2)23(13-17)30-16-24(29)26-25-19(3)20-9-10-22(28)21(14-20)15-27-11-5-4-6-12-27/h7-10,13-14,28H,4-6,11-12,15-16H2,1-3H3,(H,26,29)/p+1/b25-19+. The Morgan fingerprint density at radius 1 is 1.13 bits per heavy atom. The number of ether oxygens (including phenoxy) is 1. The lowest BCUT2D eigenvalue weighted by atomic mass is 10.0. The van der Waals surface area contributed by atoms with Crippen LogP contribution in [0.3, 0.4) is 0 Å². The average Bonchev–Trinajstić information content (AvgIpc) is 2.75. The summed E-state index contributed by atoms with van der Waals surface area (Å²) in [5.74, 6) is 0.705. The van der Waals surface area contributed by atoms with Crippen molar-refractivity contribution in [2.75, 3.05) is 19.7 Å². The first-order valence-corrected chi connectivity index (χ1v) is 10.6. The van der Waals surface area contributed by atoms with E-state index in [9.17, 15) is 9.90 Å². The van der Waals surface area contributed by atoms with E-state index in [0.29, 0.717) is 17.2 Å². The molecule has 3 N–H and O–H groups in total. The van der Waals surface area contributed by atoms with Gasteiger partial charge in [-0.2, -0.15) is 5.10 Å². The van der Waals surface area contributed by atoms with E-state index >= 15 is 0 Å². The number of aryl methyl sites for hydroxylation is 2. The highest BCUT2D eigenvalue weighted by Crippen LogP contribution is 2.19. The summed E-state index contributed by atoms with van der Waals surface area (Å²) in [4.78, 5) is 13.6. The quantitative estimate of drug-likeness (QED) is 0.485. The fourth-order valence-corrected chi connectivity index (χ4v) is 3.70. The number of nitrogens with zero attached hydrogens (tertiary/aromatic N) is 1. The smallest absolute Gasteiger partial charge is 0.277 e. The van der Waals surface area contributed by atoms with Crippen LogP contribution in [0.15, 0.2) is 41.5 Å². The van der Waals surface area contributed by atoms with Crippen LogP contribution in [0.1, 0.15) is 48.4 Å². The van der Waals surface area contributed by atoms with E-state index in [1.54, 1.807) is 6.07 Å². The zero-order chi connectivity index (χ0) is 21.5. The lowest BCUT2D eigenvalue weighted by Crippen LogP contribution is -3.11. The van der Waals surface area contributed by atoms with E-state index in [4.69, 9.17) is 4.74 Å². The number of carbonyl (C=O) groups is 1. The van der Waals surface area contributed by atoms with Crippen LogP contribution >= 0.6 is 0 Å². The van der Waals surface area contributed by atoms with E-state index < -0.39 is 0 Å². The second-order valence-electron chi connectivity index (χ2n) is 8.12. The van der Waals surface area contributed by atoms with Crippen LogP contribution in [0.5, 0.6) is 11.5 Å². The average molecular weight is 411 g/mol. The molecule has 0 aliphatic carbocycles. The molecule has 1 fully saturated rings. The molecule has 160 valence electrons. The number of carbonyl (C=O) groups excluding carboxylic acids is 1. The first-order valence-electron chi connectivity index (χ1n) is 10.6. The van der Waals surface area contributed by atoms with Crippen LogP contribution in [0.25, 0.3) is 0 Å². The molecule has 0 spiro atoms. The van der Waals surface area contributed by atoms with Crippen LogP contribution in [-0.4, -0.2) is 36.4 Å². The highest BCUT2D eigenvalue weighted by molar-refractivity contribution is 5.99. The van der Waals surface area contributed by atoms with Crippen molar-refractivity contribution in [2.45, 2.75) is 46.6 Å². The minimum absolute atomic E-state index is 0.0970. The first kappa shape index (κ1) is 21.8. The summed E-state index contributed by atoms with van der Waals surface area (Å²) in [6.45, 7) is 8.78. The molecule has 0 unspecified atom stereocenters. The van der Waals surface area contributed by atoms with Gasteiger partial charge in [-0.1, -0.05) is 12.1 Å². The van der Waals surface area contributed by atoms with E-state index in [2.05, 4.69) is 10.5 Å². The van der Waals surface area contributed by atoms with Crippen molar-refractivity contribution in [2.24, 2.45) is 5.10 Å². The highest BCUT2D eigenvalue weighted by atomic mass is 16.5. The Balaban J connectivity index is 1.58. The van der Waals surface area contributed by atoms with Crippen molar-refractivity contribution < 1.29 is 19.5 Å². The largest absolute Gasteiger partial charge is 0.507 e. The molecule has 0 bridgehead atoms. The van der Waals surface area contributed by atoms with Gasteiger partial charge in [0.25, 0.3) is 5.91 Å². The van der Waals surface area contributed by atoms with E-state index in [1.807, 2.05) is 51.1 Å². The van der Waals surface area contributed by atoms with E-state index in [0.717, 1.165) is 41.9 Å². The van der Waals surface area contributed by atoms with Gasteiger partial charge in [-0.15, -0.1) is 0 Å². The zero-order valence-electron chi connectivity index (χ0n) is 18.1. The molecule has 1 heterocycles. The summed E-state index contributed by atoms with van der Waals surface area (Å²) in [6.07, 6.45) is 3.78. The number of amides is 1. The predicted octanol–water partition coefficient (Wildman–Crippen LogP) is 2.50. The number of likely N-dealkylation sites (tertiary alicyclic amines) is 1. The van der Waals surface area contributed by atoms with Gasteiger partial charge in [0.15, 0.2) is 6.61 Å². The summed E-state index contributed by atoms with van der Waals surface area (Å²) in [7, 11) is 0. The van der Waals surface area contributed by atoms with Crippen molar-refractivity contribution >= 4 is 11.6 Å². The fourth-order valence-electron chi connectivity index (χ4n) is 3.70. The van der Waals surface area contributed by atoms with Crippen molar-refractivity contribution in [3.8, 4) is 11.5 Å². The Morgan fingerprint density at radius 3 is 2.67 bits per heavy atom. The monoisotopic (exact) mass is 410 g/mol. The summed E-state index contributed by atoms with van der Waals surface area (Å²) in [5, 5.41) is 14.5. The molecule has 1 aliphatic heterocycles. The topological polar surface area (TPSA) is 75.4 Å². The maximum atomic E-state index is 12.1. The van der Waals surface area contributed by atoms with Crippen molar-refractivity contribution in [3.05, 3.63) is 58.7 Å². The Bertz CT molecular complexity index is 918. The van der Waals surface area contributed by atoms with Gasteiger partial charge in [0.1, 0.15) is 18.0 Å². The van der Waals surface area contributed by atoms with Gasteiger partial charge in [0.2, 0.25) is 0 Å². The normalized spacial score (nSPS) is 15.1.